The number of hydrogen-bond donors (Lipinski definition) is 1. The van der Waals surface area contributed by atoms with E-state index in [0.29, 0.717) is 12.3 Å². The maximum Gasteiger partial charge on any atom is 0.141 e. The minimum atomic E-state index is -0.682. The van der Waals surface area contributed by atoms with Gasteiger partial charge in [0.05, 0.1) is 10.6 Å². The summed E-state index contributed by atoms with van der Waals surface area (Å²) in [5.74, 6) is 0.414. The zero-order valence-electron chi connectivity index (χ0n) is 10.9. The van der Waals surface area contributed by atoms with Gasteiger partial charge in [-0.2, -0.15) is 0 Å². The van der Waals surface area contributed by atoms with Gasteiger partial charge in [-0.15, -0.1) is 0 Å². The van der Waals surface area contributed by atoms with Gasteiger partial charge in [-0.25, -0.2) is 4.39 Å². The Balaban J connectivity index is 2.17. The number of hydrogen-bond acceptors (Lipinski definition) is 1. The second-order valence-corrected chi connectivity index (χ2v) is 6.22. The Morgan fingerprint density at radius 3 is 2.78 bits per heavy atom. The number of aliphatic hydroxyl groups is 1. The molecule has 1 nitrogen and oxygen atoms in total. The highest BCUT2D eigenvalue weighted by molar-refractivity contribution is 6.30. The van der Waals surface area contributed by atoms with Gasteiger partial charge in [0.15, 0.2) is 0 Å². The van der Waals surface area contributed by atoms with E-state index >= 15 is 0 Å². The SMILES string of the molecule is CC1CCC(C)C(O)(Cc2ccc(F)c(Cl)c2)C1. The smallest absolute Gasteiger partial charge is 0.141 e. The minimum Gasteiger partial charge on any atom is -0.389 e. The fourth-order valence-corrected chi connectivity index (χ4v) is 3.16. The van der Waals surface area contributed by atoms with Crippen LogP contribution in [0.25, 0.3) is 0 Å². The molecule has 0 radical (unpaired) electrons. The summed E-state index contributed by atoms with van der Waals surface area (Å²) in [6.45, 7) is 4.27. The van der Waals surface area contributed by atoms with E-state index in [-0.39, 0.29) is 10.9 Å². The van der Waals surface area contributed by atoms with Gasteiger partial charge in [-0.3, -0.25) is 0 Å². The van der Waals surface area contributed by atoms with Crippen molar-refractivity contribution in [1.29, 1.82) is 0 Å². The maximum absolute atomic E-state index is 13.1. The van der Waals surface area contributed by atoms with Gasteiger partial charge in [0.25, 0.3) is 0 Å². The van der Waals surface area contributed by atoms with E-state index < -0.39 is 11.4 Å². The molecule has 3 atom stereocenters. The third-order valence-corrected chi connectivity index (χ3v) is 4.50. The number of benzene rings is 1. The maximum atomic E-state index is 13.1. The largest absolute Gasteiger partial charge is 0.389 e. The fourth-order valence-electron chi connectivity index (χ4n) is 2.96. The molecule has 3 unspecified atom stereocenters. The van der Waals surface area contributed by atoms with E-state index in [1.807, 2.05) is 0 Å². The van der Waals surface area contributed by atoms with Crippen LogP contribution in [-0.4, -0.2) is 10.7 Å². The summed E-state index contributed by atoms with van der Waals surface area (Å²) in [6, 6.07) is 4.71. The highest BCUT2D eigenvalue weighted by Crippen LogP contribution is 2.39. The Kier molecular flexibility index (Phi) is 3.98. The van der Waals surface area contributed by atoms with Crippen LogP contribution in [0.15, 0.2) is 18.2 Å². The second-order valence-electron chi connectivity index (χ2n) is 5.82. The van der Waals surface area contributed by atoms with E-state index in [9.17, 15) is 9.50 Å². The number of halogens is 2. The molecule has 0 heterocycles. The molecule has 100 valence electrons. The third-order valence-electron chi connectivity index (χ3n) is 4.21. The molecular weight excluding hydrogens is 251 g/mol. The lowest BCUT2D eigenvalue weighted by Gasteiger charge is -2.41. The molecule has 3 heteroatoms. The molecule has 0 amide bonds. The predicted octanol–water partition coefficient (Wildman–Crippen LogP) is 4.21. The van der Waals surface area contributed by atoms with Gasteiger partial charge in [-0.05, 0) is 42.4 Å². The van der Waals surface area contributed by atoms with E-state index in [0.717, 1.165) is 18.4 Å². The van der Waals surface area contributed by atoms with Crippen LogP contribution in [0.1, 0.15) is 38.7 Å². The first-order valence-corrected chi connectivity index (χ1v) is 6.95. The second kappa shape index (κ2) is 5.18. The lowest BCUT2D eigenvalue weighted by atomic mass is 9.69. The minimum absolute atomic E-state index is 0.132. The summed E-state index contributed by atoms with van der Waals surface area (Å²) in [5, 5.41) is 10.9. The van der Waals surface area contributed by atoms with Crippen molar-refractivity contribution in [2.45, 2.75) is 45.1 Å². The van der Waals surface area contributed by atoms with Gasteiger partial charge in [0, 0.05) is 6.42 Å². The molecule has 1 N–H and O–H groups in total. The quantitative estimate of drug-likeness (QED) is 0.854. The summed E-state index contributed by atoms with van der Waals surface area (Å²) < 4.78 is 13.1. The Bertz CT molecular complexity index is 435. The van der Waals surface area contributed by atoms with Crippen LogP contribution >= 0.6 is 11.6 Å². The first kappa shape index (κ1) is 13.8. The van der Waals surface area contributed by atoms with Crippen LogP contribution in [0.5, 0.6) is 0 Å². The Labute approximate surface area is 113 Å². The summed E-state index contributed by atoms with van der Waals surface area (Å²) in [5.41, 5.74) is 0.226. The Hall–Kier alpha value is -0.600. The topological polar surface area (TPSA) is 20.2 Å². The van der Waals surface area contributed by atoms with Crippen molar-refractivity contribution in [1.82, 2.24) is 0 Å². The average Bonchev–Trinajstić information content (AvgIpc) is 2.29. The van der Waals surface area contributed by atoms with E-state index in [4.69, 9.17) is 11.6 Å². The molecule has 0 spiro atoms. The summed E-state index contributed by atoms with van der Waals surface area (Å²) in [7, 11) is 0. The monoisotopic (exact) mass is 270 g/mol. The molecule has 0 aromatic heterocycles. The molecule has 1 aromatic carbocycles. The van der Waals surface area contributed by atoms with Crippen LogP contribution in [-0.2, 0) is 6.42 Å². The lowest BCUT2D eigenvalue weighted by molar-refractivity contribution is -0.0560. The molecule has 1 fully saturated rings. The van der Waals surface area contributed by atoms with Crippen molar-refractivity contribution >= 4 is 11.6 Å². The molecule has 0 saturated heterocycles. The van der Waals surface area contributed by atoms with Crippen molar-refractivity contribution in [2.24, 2.45) is 11.8 Å². The summed E-state index contributed by atoms with van der Waals surface area (Å²) in [4.78, 5) is 0. The number of rotatable bonds is 2. The zero-order valence-corrected chi connectivity index (χ0v) is 11.7. The Morgan fingerprint density at radius 2 is 2.11 bits per heavy atom. The van der Waals surface area contributed by atoms with Crippen LogP contribution in [0.4, 0.5) is 4.39 Å². The molecule has 18 heavy (non-hydrogen) atoms. The van der Waals surface area contributed by atoms with Crippen LogP contribution < -0.4 is 0 Å². The van der Waals surface area contributed by atoms with Crippen LogP contribution in [0.3, 0.4) is 0 Å². The lowest BCUT2D eigenvalue weighted by Crippen LogP contribution is -2.43. The van der Waals surface area contributed by atoms with Crippen molar-refractivity contribution in [3.8, 4) is 0 Å². The first-order chi connectivity index (χ1) is 8.40. The molecule has 1 aromatic rings. The van der Waals surface area contributed by atoms with Crippen molar-refractivity contribution in [2.75, 3.05) is 0 Å². The van der Waals surface area contributed by atoms with Crippen LogP contribution in [0, 0.1) is 17.7 Å². The van der Waals surface area contributed by atoms with Gasteiger partial charge in [0.1, 0.15) is 5.82 Å². The summed E-state index contributed by atoms with van der Waals surface area (Å²) in [6.07, 6.45) is 3.59. The summed E-state index contributed by atoms with van der Waals surface area (Å²) >= 11 is 5.79. The van der Waals surface area contributed by atoms with E-state index in [1.54, 1.807) is 12.1 Å². The highest BCUT2D eigenvalue weighted by Gasteiger charge is 2.38. The van der Waals surface area contributed by atoms with Crippen LogP contribution in [0.2, 0.25) is 5.02 Å². The van der Waals surface area contributed by atoms with Crippen molar-refractivity contribution in [3.05, 3.63) is 34.6 Å². The molecule has 1 aliphatic carbocycles. The molecule has 0 bridgehead atoms. The molecular formula is C15H20ClFO. The average molecular weight is 271 g/mol. The van der Waals surface area contributed by atoms with Crippen molar-refractivity contribution in [3.63, 3.8) is 0 Å². The van der Waals surface area contributed by atoms with Gasteiger partial charge in [0.2, 0.25) is 0 Å². The molecule has 1 saturated carbocycles. The standard InChI is InChI=1S/C15H20ClFO/c1-10-3-4-11(2)15(18,8-10)9-12-5-6-14(17)13(16)7-12/h5-7,10-11,18H,3-4,8-9H2,1-2H3. The fraction of sp³-hybridized carbons (Fsp3) is 0.600. The van der Waals surface area contributed by atoms with Crippen molar-refractivity contribution < 1.29 is 9.50 Å². The van der Waals surface area contributed by atoms with E-state index in [1.165, 1.54) is 12.5 Å². The normalized spacial score (nSPS) is 32.5. The predicted molar refractivity (Wildman–Crippen MR) is 72.2 cm³/mol. The van der Waals surface area contributed by atoms with Gasteiger partial charge >= 0.3 is 0 Å². The highest BCUT2D eigenvalue weighted by atomic mass is 35.5. The molecule has 2 rings (SSSR count). The van der Waals surface area contributed by atoms with E-state index in [2.05, 4.69) is 13.8 Å². The third kappa shape index (κ3) is 2.86. The molecule has 0 aliphatic heterocycles. The van der Waals surface area contributed by atoms with Gasteiger partial charge in [-0.1, -0.05) is 37.9 Å². The molecule has 1 aliphatic rings. The van der Waals surface area contributed by atoms with Gasteiger partial charge < -0.3 is 5.11 Å². The Morgan fingerprint density at radius 1 is 1.39 bits per heavy atom. The first-order valence-electron chi connectivity index (χ1n) is 6.57. The zero-order chi connectivity index (χ0) is 13.3.